The van der Waals surface area contributed by atoms with Gasteiger partial charge in [-0.15, -0.1) is 0 Å². The topological polar surface area (TPSA) is 52.8 Å². The summed E-state index contributed by atoms with van der Waals surface area (Å²) in [6.45, 7) is 0. The lowest BCUT2D eigenvalue weighted by atomic mass is 10.2. The third-order valence-electron chi connectivity index (χ3n) is 1.42. The van der Waals surface area contributed by atoms with Crippen LogP contribution in [0.1, 0.15) is 0 Å². The summed E-state index contributed by atoms with van der Waals surface area (Å²) < 4.78 is 12.5. The van der Waals surface area contributed by atoms with E-state index in [2.05, 4.69) is 20.6 Å². The first-order valence-corrected chi connectivity index (χ1v) is 3.31. The van der Waals surface area contributed by atoms with Crippen molar-refractivity contribution in [2.45, 2.75) is 0 Å². The SMILES string of the molecule is Fc1ccc(-c2nnn[n-]2)cc1. The average Bonchev–Trinajstić information content (AvgIpc) is 2.58. The summed E-state index contributed by atoms with van der Waals surface area (Å²) in [5, 5.41) is 13.9. The molecule has 0 radical (unpaired) electrons. The smallest absolute Gasteiger partial charge is 0.123 e. The molecule has 12 heavy (non-hydrogen) atoms. The Labute approximate surface area is 67.4 Å². The number of halogens is 1. The number of aromatic nitrogens is 4. The molecule has 1 heterocycles. The van der Waals surface area contributed by atoms with Crippen molar-refractivity contribution in [3.63, 3.8) is 0 Å². The molecule has 1 aromatic heterocycles. The Bertz CT molecular complexity index is 353. The molecule has 4 nitrogen and oxygen atoms in total. The maximum atomic E-state index is 12.5. The van der Waals surface area contributed by atoms with E-state index in [1.807, 2.05) is 0 Å². The second-order valence-corrected chi connectivity index (χ2v) is 2.21. The van der Waals surface area contributed by atoms with E-state index in [9.17, 15) is 4.39 Å². The normalized spacial score (nSPS) is 10.1. The highest BCUT2D eigenvalue weighted by molar-refractivity contribution is 5.52. The van der Waals surface area contributed by atoms with Crippen molar-refractivity contribution < 1.29 is 4.39 Å². The Morgan fingerprint density at radius 2 is 1.92 bits per heavy atom. The Morgan fingerprint density at radius 3 is 2.50 bits per heavy atom. The Kier molecular flexibility index (Phi) is 1.55. The lowest BCUT2D eigenvalue weighted by Gasteiger charge is -1.97. The summed E-state index contributed by atoms with van der Waals surface area (Å²) in [6.07, 6.45) is 0. The van der Waals surface area contributed by atoms with Crippen LogP contribution in [0, 0.1) is 5.82 Å². The molecule has 0 saturated heterocycles. The van der Waals surface area contributed by atoms with Crippen molar-refractivity contribution in [1.29, 1.82) is 0 Å². The average molecular weight is 163 g/mol. The summed E-state index contributed by atoms with van der Waals surface area (Å²) in [5.41, 5.74) is 0.710. The van der Waals surface area contributed by atoms with Crippen molar-refractivity contribution in [2.75, 3.05) is 0 Å². The standard InChI is InChI=1S/C7H4FN4/c8-6-3-1-5(2-4-6)7-9-11-12-10-7/h1-4H/q-1. The van der Waals surface area contributed by atoms with Crippen LogP contribution in [0.3, 0.4) is 0 Å². The van der Waals surface area contributed by atoms with Gasteiger partial charge in [0.05, 0.1) is 0 Å². The maximum Gasteiger partial charge on any atom is 0.123 e. The van der Waals surface area contributed by atoms with Crippen LogP contribution in [-0.2, 0) is 0 Å². The predicted molar refractivity (Wildman–Crippen MR) is 38.5 cm³/mol. The molecule has 0 aliphatic heterocycles. The van der Waals surface area contributed by atoms with E-state index in [1.165, 1.54) is 12.1 Å². The molecule has 2 aromatic rings. The number of nitrogens with zero attached hydrogens (tertiary/aromatic N) is 4. The van der Waals surface area contributed by atoms with Gasteiger partial charge in [0.1, 0.15) is 5.82 Å². The van der Waals surface area contributed by atoms with E-state index in [-0.39, 0.29) is 5.82 Å². The van der Waals surface area contributed by atoms with Gasteiger partial charge in [0.15, 0.2) is 0 Å². The lowest BCUT2D eigenvalue weighted by molar-refractivity contribution is 0.628. The highest BCUT2D eigenvalue weighted by atomic mass is 19.1. The molecule has 0 N–H and O–H groups in total. The fourth-order valence-corrected chi connectivity index (χ4v) is 0.859. The number of hydrogen-bond donors (Lipinski definition) is 0. The number of benzene rings is 1. The fraction of sp³-hybridized carbons (Fsp3) is 0. The van der Waals surface area contributed by atoms with Gasteiger partial charge in [0, 0.05) is 5.82 Å². The second-order valence-electron chi connectivity index (χ2n) is 2.21. The molecular weight excluding hydrogens is 159 g/mol. The Balaban J connectivity index is 2.43. The van der Waals surface area contributed by atoms with Gasteiger partial charge in [0.25, 0.3) is 0 Å². The zero-order chi connectivity index (χ0) is 8.39. The van der Waals surface area contributed by atoms with Crippen LogP contribution in [0.4, 0.5) is 4.39 Å². The monoisotopic (exact) mass is 163 g/mol. The van der Waals surface area contributed by atoms with Crippen LogP contribution in [-0.4, -0.2) is 15.5 Å². The van der Waals surface area contributed by atoms with E-state index >= 15 is 0 Å². The second kappa shape index (κ2) is 2.69. The minimum absolute atomic E-state index is 0.286. The quantitative estimate of drug-likeness (QED) is 0.618. The molecule has 0 bridgehead atoms. The minimum atomic E-state index is -0.286. The van der Waals surface area contributed by atoms with Crippen LogP contribution in [0.15, 0.2) is 24.3 Å². The van der Waals surface area contributed by atoms with E-state index in [4.69, 9.17) is 0 Å². The van der Waals surface area contributed by atoms with E-state index < -0.39 is 0 Å². The molecule has 0 unspecified atom stereocenters. The first kappa shape index (κ1) is 6.90. The number of rotatable bonds is 1. The molecular formula is C7H4FN4-. The van der Waals surface area contributed by atoms with Crippen LogP contribution < -0.4 is 5.10 Å². The zero-order valence-electron chi connectivity index (χ0n) is 5.98. The predicted octanol–water partition coefficient (Wildman–Crippen LogP) is 0.635. The first-order valence-electron chi connectivity index (χ1n) is 3.31. The van der Waals surface area contributed by atoms with Gasteiger partial charge in [-0.25, -0.2) is 4.39 Å². The van der Waals surface area contributed by atoms with Crippen molar-refractivity contribution in [2.24, 2.45) is 0 Å². The van der Waals surface area contributed by atoms with Gasteiger partial charge in [-0.05, 0) is 17.7 Å². The third kappa shape index (κ3) is 1.16. The molecule has 0 atom stereocenters. The van der Waals surface area contributed by atoms with Crippen LogP contribution in [0.25, 0.3) is 11.4 Å². The lowest BCUT2D eigenvalue weighted by Crippen LogP contribution is -1.83. The maximum absolute atomic E-state index is 12.5. The van der Waals surface area contributed by atoms with Gasteiger partial charge in [-0.2, -0.15) is 5.21 Å². The summed E-state index contributed by atoms with van der Waals surface area (Å²) >= 11 is 0. The summed E-state index contributed by atoms with van der Waals surface area (Å²) in [4.78, 5) is 0. The summed E-state index contributed by atoms with van der Waals surface area (Å²) in [7, 11) is 0. The van der Waals surface area contributed by atoms with Crippen molar-refractivity contribution in [1.82, 2.24) is 20.6 Å². The largest absolute Gasteiger partial charge is 0.330 e. The van der Waals surface area contributed by atoms with Gasteiger partial charge >= 0.3 is 0 Å². The van der Waals surface area contributed by atoms with Gasteiger partial charge in [0.2, 0.25) is 0 Å². The first-order chi connectivity index (χ1) is 5.86. The van der Waals surface area contributed by atoms with Crippen molar-refractivity contribution in [3.8, 4) is 11.4 Å². The van der Waals surface area contributed by atoms with Crippen molar-refractivity contribution >= 4 is 0 Å². The van der Waals surface area contributed by atoms with Gasteiger partial charge in [-0.3, -0.25) is 10.3 Å². The summed E-state index contributed by atoms with van der Waals surface area (Å²) in [5.74, 6) is 0.126. The van der Waals surface area contributed by atoms with Crippen LogP contribution in [0.2, 0.25) is 0 Å². The molecule has 1 aromatic carbocycles. The van der Waals surface area contributed by atoms with E-state index in [0.29, 0.717) is 11.4 Å². The number of tetrazole rings is 1. The molecule has 60 valence electrons. The third-order valence-corrected chi connectivity index (χ3v) is 1.42. The zero-order valence-corrected chi connectivity index (χ0v) is 5.98. The molecule has 0 fully saturated rings. The molecule has 2 rings (SSSR count). The molecule has 5 heteroatoms. The van der Waals surface area contributed by atoms with Crippen molar-refractivity contribution in [3.05, 3.63) is 30.1 Å². The minimum Gasteiger partial charge on any atom is -0.330 e. The highest BCUT2D eigenvalue weighted by Gasteiger charge is 1.93. The Morgan fingerprint density at radius 1 is 1.17 bits per heavy atom. The van der Waals surface area contributed by atoms with Crippen LogP contribution >= 0.6 is 0 Å². The molecule has 0 amide bonds. The van der Waals surface area contributed by atoms with Crippen LogP contribution in [0.5, 0.6) is 0 Å². The molecule has 0 aliphatic rings. The van der Waals surface area contributed by atoms with E-state index in [1.54, 1.807) is 12.1 Å². The van der Waals surface area contributed by atoms with Gasteiger partial charge < -0.3 is 5.10 Å². The number of hydrogen-bond acceptors (Lipinski definition) is 3. The summed E-state index contributed by atoms with van der Waals surface area (Å²) in [6, 6.07) is 5.83. The van der Waals surface area contributed by atoms with E-state index in [0.717, 1.165) is 0 Å². The van der Waals surface area contributed by atoms with Gasteiger partial charge in [-0.1, -0.05) is 12.1 Å². The Hall–Kier alpha value is -1.78. The fourth-order valence-electron chi connectivity index (χ4n) is 0.859. The molecule has 0 spiro atoms. The highest BCUT2D eigenvalue weighted by Crippen LogP contribution is 2.11. The molecule has 0 aliphatic carbocycles. The molecule has 0 saturated carbocycles.